The Labute approximate surface area is 97.4 Å². The summed E-state index contributed by atoms with van der Waals surface area (Å²) in [5.74, 6) is 0.910. The molecule has 0 spiro atoms. The normalized spacial score (nSPS) is 33.4. The molecule has 2 atom stereocenters. The number of piperidine rings is 1. The molecule has 1 aliphatic heterocycles. The summed E-state index contributed by atoms with van der Waals surface area (Å²) < 4.78 is 0. The van der Waals surface area contributed by atoms with E-state index < -0.39 is 0 Å². The SMILES string of the molecule is NCC12CCC(CN1Cc1ccccc1)C2. The number of likely N-dealkylation sites (tertiary alicyclic amines) is 1. The zero-order valence-corrected chi connectivity index (χ0v) is 9.73. The second-order valence-electron chi connectivity index (χ2n) is 5.40. The van der Waals surface area contributed by atoms with E-state index in [9.17, 15) is 0 Å². The molecule has 1 saturated heterocycles. The minimum Gasteiger partial charge on any atom is -0.329 e. The topological polar surface area (TPSA) is 29.3 Å². The lowest BCUT2D eigenvalue weighted by Gasteiger charge is -2.38. The van der Waals surface area contributed by atoms with Crippen molar-refractivity contribution in [2.45, 2.75) is 31.3 Å². The van der Waals surface area contributed by atoms with Gasteiger partial charge in [-0.15, -0.1) is 0 Å². The molecule has 2 unspecified atom stereocenters. The van der Waals surface area contributed by atoms with Crippen molar-refractivity contribution in [2.24, 2.45) is 11.7 Å². The fourth-order valence-electron chi connectivity index (χ4n) is 3.51. The number of hydrogen-bond donors (Lipinski definition) is 1. The Bertz CT molecular complexity index is 362. The van der Waals surface area contributed by atoms with Gasteiger partial charge >= 0.3 is 0 Å². The summed E-state index contributed by atoms with van der Waals surface area (Å²) in [6.07, 6.45) is 4.03. The Morgan fingerprint density at radius 1 is 1.31 bits per heavy atom. The lowest BCUT2D eigenvalue weighted by atomic mass is 9.96. The quantitative estimate of drug-likeness (QED) is 0.837. The first-order valence-electron chi connectivity index (χ1n) is 6.31. The van der Waals surface area contributed by atoms with Crippen molar-refractivity contribution in [1.82, 2.24) is 4.90 Å². The first-order valence-corrected chi connectivity index (χ1v) is 6.31. The largest absolute Gasteiger partial charge is 0.329 e. The second-order valence-corrected chi connectivity index (χ2v) is 5.40. The highest BCUT2D eigenvalue weighted by atomic mass is 15.2. The Morgan fingerprint density at radius 3 is 2.81 bits per heavy atom. The molecule has 2 N–H and O–H groups in total. The highest BCUT2D eigenvalue weighted by Gasteiger charge is 2.49. The standard InChI is InChI=1S/C14H20N2/c15-11-14-7-6-13(8-14)10-16(14)9-12-4-2-1-3-5-12/h1-5,13H,6-11,15H2. The molecular formula is C14H20N2. The monoisotopic (exact) mass is 216 g/mol. The molecule has 0 aromatic heterocycles. The number of nitrogens with zero attached hydrogens (tertiary/aromatic N) is 1. The summed E-state index contributed by atoms with van der Waals surface area (Å²) in [4.78, 5) is 2.62. The van der Waals surface area contributed by atoms with E-state index in [2.05, 4.69) is 35.2 Å². The summed E-state index contributed by atoms with van der Waals surface area (Å²) in [5, 5.41) is 0. The van der Waals surface area contributed by atoms with Crippen molar-refractivity contribution in [1.29, 1.82) is 0 Å². The van der Waals surface area contributed by atoms with Crippen molar-refractivity contribution in [3.05, 3.63) is 35.9 Å². The average molecular weight is 216 g/mol. The first-order chi connectivity index (χ1) is 7.82. The molecule has 2 bridgehead atoms. The number of rotatable bonds is 3. The first kappa shape index (κ1) is 10.3. The van der Waals surface area contributed by atoms with Gasteiger partial charge < -0.3 is 5.73 Å². The van der Waals surface area contributed by atoms with Crippen LogP contribution in [0, 0.1) is 5.92 Å². The average Bonchev–Trinajstić information content (AvgIpc) is 2.88. The van der Waals surface area contributed by atoms with Gasteiger partial charge in [0.2, 0.25) is 0 Å². The van der Waals surface area contributed by atoms with E-state index in [-0.39, 0.29) is 0 Å². The van der Waals surface area contributed by atoms with Gasteiger partial charge in [0.05, 0.1) is 0 Å². The van der Waals surface area contributed by atoms with E-state index in [1.165, 1.54) is 31.4 Å². The van der Waals surface area contributed by atoms with Gasteiger partial charge in [0.25, 0.3) is 0 Å². The molecule has 2 heteroatoms. The number of hydrogen-bond acceptors (Lipinski definition) is 2. The van der Waals surface area contributed by atoms with Crippen LogP contribution >= 0.6 is 0 Å². The second kappa shape index (κ2) is 3.86. The van der Waals surface area contributed by atoms with E-state index in [0.717, 1.165) is 19.0 Å². The summed E-state index contributed by atoms with van der Waals surface area (Å²) in [7, 11) is 0. The molecule has 0 radical (unpaired) electrons. The lowest BCUT2D eigenvalue weighted by Crippen LogP contribution is -2.49. The van der Waals surface area contributed by atoms with Gasteiger partial charge in [-0.2, -0.15) is 0 Å². The molecular weight excluding hydrogens is 196 g/mol. The zero-order chi connectivity index (χ0) is 11.0. The van der Waals surface area contributed by atoms with E-state index >= 15 is 0 Å². The Balaban J connectivity index is 1.77. The number of benzene rings is 1. The minimum atomic E-state index is 0.334. The van der Waals surface area contributed by atoms with Gasteiger partial charge in [-0.05, 0) is 30.7 Å². The molecule has 16 heavy (non-hydrogen) atoms. The fourth-order valence-corrected chi connectivity index (χ4v) is 3.51. The summed E-state index contributed by atoms with van der Waals surface area (Å²) >= 11 is 0. The maximum absolute atomic E-state index is 6.01. The molecule has 1 aliphatic carbocycles. The van der Waals surface area contributed by atoms with Gasteiger partial charge in [0.15, 0.2) is 0 Å². The van der Waals surface area contributed by atoms with Crippen molar-refractivity contribution in [3.63, 3.8) is 0 Å². The Hall–Kier alpha value is -0.860. The third kappa shape index (κ3) is 1.57. The molecule has 2 aliphatic rings. The third-order valence-corrected chi connectivity index (χ3v) is 4.43. The summed E-state index contributed by atoms with van der Waals surface area (Å²) in [5.41, 5.74) is 7.76. The van der Waals surface area contributed by atoms with Crippen molar-refractivity contribution >= 4 is 0 Å². The molecule has 2 nitrogen and oxygen atoms in total. The van der Waals surface area contributed by atoms with E-state index in [4.69, 9.17) is 5.73 Å². The predicted octanol–water partition coefficient (Wildman–Crippen LogP) is 2.00. The van der Waals surface area contributed by atoms with Crippen LogP contribution in [0.4, 0.5) is 0 Å². The van der Waals surface area contributed by atoms with Crippen molar-refractivity contribution < 1.29 is 0 Å². The van der Waals surface area contributed by atoms with Gasteiger partial charge in [-0.1, -0.05) is 30.3 Å². The van der Waals surface area contributed by atoms with Gasteiger partial charge in [0.1, 0.15) is 0 Å². The van der Waals surface area contributed by atoms with Crippen LogP contribution in [0.1, 0.15) is 24.8 Å². The number of nitrogens with two attached hydrogens (primary N) is 1. The summed E-state index contributed by atoms with van der Waals surface area (Å²) in [6, 6.07) is 10.8. The van der Waals surface area contributed by atoms with Gasteiger partial charge in [-0.25, -0.2) is 0 Å². The molecule has 0 amide bonds. The highest BCUT2D eigenvalue weighted by Crippen LogP contribution is 2.46. The minimum absolute atomic E-state index is 0.334. The van der Waals surface area contributed by atoms with Gasteiger partial charge in [-0.3, -0.25) is 4.90 Å². The smallest absolute Gasteiger partial charge is 0.0338 e. The lowest BCUT2D eigenvalue weighted by molar-refractivity contribution is 0.114. The van der Waals surface area contributed by atoms with Crippen LogP contribution in [0.25, 0.3) is 0 Å². The maximum Gasteiger partial charge on any atom is 0.0338 e. The van der Waals surface area contributed by atoms with E-state index in [0.29, 0.717) is 5.54 Å². The molecule has 1 aromatic rings. The Kier molecular flexibility index (Phi) is 2.49. The molecule has 3 rings (SSSR count). The predicted molar refractivity (Wildman–Crippen MR) is 66.0 cm³/mol. The van der Waals surface area contributed by atoms with Crippen LogP contribution in [0.2, 0.25) is 0 Å². The highest BCUT2D eigenvalue weighted by molar-refractivity contribution is 5.17. The van der Waals surface area contributed by atoms with E-state index in [1.54, 1.807) is 0 Å². The third-order valence-electron chi connectivity index (χ3n) is 4.43. The van der Waals surface area contributed by atoms with Crippen molar-refractivity contribution in [2.75, 3.05) is 13.1 Å². The Morgan fingerprint density at radius 2 is 2.12 bits per heavy atom. The molecule has 1 saturated carbocycles. The van der Waals surface area contributed by atoms with Crippen LogP contribution in [-0.4, -0.2) is 23.5 Å². The van der Waals surface area contributed by atoms with Crippen LogP contribution in [0.3, 0.4) is 0 Å². The van der Waals surface area contributed by atoms with Crippen LogP contribution in [0.15, 0.2) is 30.3 Å². The van der Waals surface area contributed by atoms with Crippen LogP contribution in [0.5, 0.6) is 0 Å². The van der Waals surface area contributed by atoms with Crippen LogP contribution in [-0.2, 0) is 6.54 Å². The molecule has 1 aromatic carbocycles. The fraction of sp³-hybridized carbons (Fsp3) is 0.571. The zero-order valence-electron chi connectivity index (χ0n) is 9.73. The molecule has 2 fully saturated rings. The molecule has 1 heterocycles. The van der Waals surface area contributed by atoms with E-state index in [1.807, 2.05) is 0 Å². The maximum atomic E-state index is 6.01. The van der Waals surface area contributed by atoms with Crippen molar-refractivity contribution in [3.8, 4) is 0 Å². The molecule has 86 valence electrons. The summed E-state index contributed by atoms with van der Waals surface area (Å²) in [6.45, 7) is 3.16. The number of fused-ring (bicyclic) bond motifs is 2. The van der Waals surface area contributed by atoms with Gasteiger partial charge in [0, 0.05) is 25.2 Å². The van der Waals surface area contributed by atoms with Crippen LogP contribution < -0.4 is 5.73 Å².